The second-order valence-corrected chi connectivity index (χ2v) is 10.5. The molecule has 9 heteroatoms. The van der Waals surface area contributed by atoms with E-state index in [-0.39, 0.29) is 29.9 Å². The van der Waals surface area contributed by atoms with E-state index in [4.69, 9.17) is 27.9 Å². The van der Waals surface area contributed by atoms with Gasteiger partial charge in [-0.2, -0.15) is 0 Å². The van der Waals surface area contributed by atoms with Crippen LogP contribution in [0.25, 0.3) is 0 Å². The van der Waals surface area contributed by atoms with Gasteiger partial charge in [-0.05, 0) is 67.3 Å². The number of nitrogens with zero attached hydrogens (tertiary/aromatic N) is 1. The molecule has 3 rings (SSSR count). The molecular weight excluding hydrogens is 473 g/mol. The van der Waals surface area contributed by atoms with Crippen LogP contribution in [0.4, 0.5) is 0 Å². The number of ether oxygens (including phenoxy) is 1. The lowest BCUT2D eigenvalue weighted by Gasteiger charge is -2.24. The van der Waals surface area contributed by atoms with Crippen LogP contribution >= 0.6 is 23.2 Å². The Morgan fingerprint density at radius 2 is 1.75 bits per heavy atom. The minimum atomic E-state index is -4.20. The van der Waals surface area contributed by atoms with Crippen molar-refractivity contribution in [2.75, 3.05) is 13.2 Å². The third-order valence-corrected chi connectivity index (χ3v) is 7.58. The molecule has 172 valence electrons. The van der Waals surface area contributed by atoms with Crippen molar-refractivity contribution >= 4 is 44.9 Å². The van der Waals surface area contributed by atoms with Crippen molar-refractivity contribution < 1.29 is 22.7 Å². The molecule has 1 fully saturated rings. The predicted molar refractivity (Wildman–Crippen MR) is 124 cm³/mol. The average molecular weight is 498 g/mol. The summed E-state index contributed by atoms with van der Waals surface area (Å²) in [5.41, 5.74) is 0.713. The van der Waals surface area contributed by atoms with E-state index in [2.05, 4.69) is 6.92 Å². The van der Waals surface area contributed by atoms with E-state index in [1.54, 1.807) is 18.2 Å². The predicted octanol–water partition coefficient (Wildman–Crippen LogP) is 4.91. The maximum atomic E-state index is 13.3. The zero-order valence-electron chi connectivity index (χ0n) is 17.7. The number of hydrogen-bond acceptors (Lipinski definition) is 5. The van der Waals surface area contributed by atoms with Gasteiger partial charge in [-0.1, -0.05) is 36.5 Å². The van der Waals surface area contributed by atoms with Gasteiger partial charge in [0.15, 0.2) is 5.78 Å². The lowest BCUT2D eigenvalue weighted by Crippen LogP contribution is -2.42. The molecule has 1 saturated heterocycles. The third kappa shape index (κ3) is 5.82. The fraction of sp³-hybridized carbons (Fsp3) is 0.391. The fourth-order valence-corrected chi connectivity index (χ4v) is 5.30. The van der Waals surface area contributed by atoms with Crippen LogP contribution in [0.1, 0.15) is 38.2 Å². The Labute approximate surface area is 198 Å². The number of benzene rings is 2. The Bertz CT molecular complexity index is 1090. The van der Waals surface area contributed by atoms with Gasteiger partial charge in [0.25, 0.3) is 10.0 Å². The van der Waals surface area contributed by atoms with Gasteiger partial charge in [0.1, 0.15) is 5.75 Å². The van der Waals surface area contributed by atoms with E-state index in [0.29, 0.717) is 32.3 Å². The third-order valence-electron chi connectivity index (χ3n) is 5.33. The first-order valence-electron chi connectivity index (χ1n) is 10.5. The smallest absolute Gasteiger partial charge is 0.266 e. The summed E-state index contributed by atoms with van der Waals surface area (Å²) in [6, 6.07) is 10.7. The van der Waals surface area contributed by atoms with Crippen LogP contribution in [0.2, 0.25) is 10.0 Å². The Hall–Kier alpha value is -2.09. The maximum Gasteiger partial charge on any atom is 0.266 e. The molecule has 0 bridgehead atoms. The van der Waals surface area contributed by atoms with E-state index in [0.717, 1.165) is 12.8 Å². The van der Waals surface area contributed by atoms with Gasteiger partial charge in [-0.15, -0.1) is 0 Å². The molecule has 32 heavy (non-hydrogen) atoms. The number of ketones is 1. The maximum absolute atomic E-state index is 13.3. The number of unbranched alkanes of at least 4 members (excludes halogenated alkanes) is 1. The van der Waals surface area contributed by atoms with Gasteiger partial charge in [-0.25, -0.2) is 12.7 Å². The summed E-state index contributed by atoms with van der Waals surface area (Å²) in [5.74, 6) is -0.997. The summed E-state index contributed by atoms with van der Waals surface area (Å²) >= 11 is 12.0. The molecule has 6 nitrogen and oxygen atoms in total. The average Bonchev–Trinajstić information content (AvgIpc) is 2.89. The first-order valence-corrected chi connectivity index (χ1v) is 12.7. The largest absolute Gasteiger partial charge is 0.493 e. The zero-order chi connectivity index (χ0) is 23.3. The molecule has 1 unspecified atom stereocenters. The van der Waals surface area contributed by atoms with Gasteiger partial charge < -0.3 is 4.74 Å². The van der Waals surface area contributed by atoms with E-state index in [1.165, 1.54) is 24.3 Å². The highest BCUT2D eigenvalue weighted by Gasteiger charge is 2.38. The number of halogens is 2. The van der Waals surface area contributed by atoms with E-state index in [9.17, 15) is 18.0 Å². The fourth-order valence-electron chi connectivity index (χ4n) is 3.55. The van der Waals surface area contributed by atoms with Gasteiger partial charge in [0.05, 0.1) is 18.0 Å². The topological polar surface area (TPSA) is 80.8 Å². The molecule has 1 heterocycles. The Balaban J connectivity index is 1.90. The molecule has 1 aliphatic heterocycles. The second kappa shape index (κ2) is 10.7. The van der Waals surface area contributed by atoms with Crippen molar-refractivity contribution in [2.24, 2.45) is 5.92 Å². The van der Waals surface area contributed by atoms with Crippen LogP contribution in [-0.2, 0) is 26.0 Å². The number of sulfonamides is 1. The highest BCUT2D eigenvalue weighted by atomic mass is 35.5. The van der Waals surface area contributed by atoms with E-state index < -0.39 is 28.4 Å². The molecule has 2 aromatic rings. The molecule has 2 aromatic carbocycles. The van der Waals surface area contributed by atoms with Crippen molar-refractivity contribution in [1.29, 1.82) is 0 Å². The van der Waals surface area contributed by atoms with Crippen LogP contribution in [-0.4, -0.2) is 37.6 Å². The number of amides is 1. The monoisotopic (exact) mass is 497 g/mol. The number of carbonyl (C=O) groups is 2. The van der Waals surface area contributed by atoms with Crippen molar-refractivity contribution in [2.45, 2.75) is 43.9 Å². The molecular formula is C23H25Cl2NO5S. The van der Waals surface area contributed by atoms with Gasteiger partial charge >= 0.3 is 0 Å². The highest BCUT2D eigenvalue weighted by molar-refractivity contribution is 7.89. The number of carbonyl (C=O) groups excluding carboxylic acids is 2. The summed E-state index contributed by atoms with van der Waals surface area (Å²) in [6.45, 7) is 2.11. The normalized spacial score (nSPS) is 17.3. The van der Waals surface area contributed by atoms with Crippen molar-refractivity contribution in [3.63, 3.8) is 0 Å². The lowest BCUT2D eigenvalue weighted by molar-refractivity contribution is -0.131. The molecule has 0 aromatic heterocycles. The van der Waals surface area contributed by atoms with Crippen LogP contribution in [0.3, 0.4) is 0 Å². The molecule has 0 aliphatic carbocycles. The summed E-state index contributed by atoms with van der Waals surface area (Å²) in [6.07, 6.45) is 2.46. The lowest BCUT2D eigenvalue weighted by atomic mass is 9.93. The number of rotatable bonds is 8. The SMILES string of the molecule is CCCCOc1ccc(Cl)cc1CC1CCC(=O)CN(S(=O)(=O)c2ccc(Cl)cc2)C1=O. The van der Waals surface area contributed by atoms with Crippen molar-refractivity contribution in [3.8, 4) is 5.75 Å². The standard InChI is InChI=1S/C23H25Cl2NO5S/c1-2-3-12-31-22-11-7-19(25)14-17(22)13-16-4-8-20(27)15-26(23(16)28)32(29,30)21-9-5-18(24)6-10-21/h5-7,9-11,14,16H,2-4,8,12-13,15H2,1H3. The first-order chi connectivity index (χ1) is 15.2. The summed E-state index contributed by atoms with van der Waals surface area (Å²) in [4.78, 5) is 25.6. The number of hydrogen-bond donors (Lipinski definition) is 0. The molecule has 1 aliphatic rings. The van der Waals surface area contributed by atoms with Gasteiger partial charge in [0.2, 0.25) is 5.91 Å². The van der Waals surface area contributed by atoms with Crippen LogP contribution in [0.15, 0.2) is 47.4 Å². The minimum absolute atomic E-state index is 0.0879. The second-order valence-electron chi connectivity index (χ2n) is 7.74. The van der Waals surface area contributed by atoms with Crippen LogP contribution < -0.4 is 4.74 Å². The minimum Gasteiger partial charge on any atom is -0.493 e. The zero-order valence-corrected chi connectivity index (χ0v) is 20.0. The highest BCUT2D eigenvalue weighted by Crippen LogP contribution is 2.31. The van der Waals surface area contributed by atoms with Gasteiger partial charge in [-0.3, -0.25) is 9.59 Å². The quantitative estimate of drug-likeness (QED) is 0.483. The first kappa shape index (κ1) is 24.6. The van der Waals surface area contributed by atoms with E-state index >= 15 is 0 Å². The number of Topliss-reactive ketones (excluding diaryl/α,β-unsaturated/α-hetero) is 1. The Morgan fingerprint density at radius 1 is 1.06 bits per heavy atom. The van der Waals surface area contributed by atoms with Gasteiger partial charge in [0, 0.05) is 22.4 Å². The van der Waals surface area contributed by atoms with Crippen molar-refractivity contribution in [1.82, 2.24) is 4.31 Å². The molecule has 1 atom stereocenters. The Kier molecular flexibility index (Phi) is 8.20. The molecule has 1 amide bonds. The van der Waals surface area contributed by atoms with Crippen LogP contribution in [0.5, 0.6) is 5.75 Å². The van der Waals surface area contributed by atoms with Crippen LogP contribution in [0, 0.1) is 5.92 Å². The molecule has 0 N–H and O–H groups in total. The molecule has 0 saturated carbocycles. The van der Waals surface area contributed by atoms with E-state index in [1.807, 2.05) is 0 Å². The van der Waals surface area contributed by atoms with Crippen molar-refractivity contribution in [3.05, 3.63) is 58.1 Å². The Morgan fingerprint density at radius 3 is 2.44 bits per heavy atom. The summed E-state index contributed by atoms with van der Waals surface area (Å²) < 4.78 is 32.9. The molecule has 0 spiro atoms. The summed E-state index contributed by atoms with van der Waals surface area (Å²) in [5, 5.41) is 0.863. The molecule has 0 radical (unpaired) electrons. The summed E-state index contributed by atoms with van der Waals surface area (Å²) in [7, 11) is -4.20.